The highest BCUT2D eigenvalue weighted by Gasteiger charge is 2.08. The van der Waals surface area contributed by atoms with Gasteiger partial charge in [0.2, 0.25) is 5.91 Å². The average molecular weight is 268 g/mol. The lowest BCUT2D eigenvalue weighted by atomic mass is 10.1. The van der Waals surface area contributed by atoms with Crippen LogP contribution in [-0.4, -0.2) is 20.7 Å². The Hall–Kier alpha value is -2.56. The Morgan fingerprint density at radius 2 is 2.20 bits per heavy atom. The molecule has 2 aromatic heterocycles. The molecule has 20 heavy (non-hydrogen) atoms. The Morgan fingerprint density at radius 1 is 1.35 bits per heavy atom. The summed E-state index contributed by atoms with van der Waals surface area (Å²) in [4.78, 5) is 15.1. The number of carbonyl (C=O) groups is 1. The third-order valence-corrected chi connectivity index (χ3v) is 3.26. The number of hydrogen-bond acceptors (Lipinski definition) is 2. The number of carbonyl (C=O) groups excluding carboxylic acids is 1. The molecule has 1 aromatic carbocycles. The number of hydrogen-bond donors (Lipinski definition) is 2. The van der Waals surface area contributed by atoms with E-state index in [1.165, 1.54) is 0 Å². The molecule has 2 heterocycles. The van der Waals surface area contributed by atoms with Crippen molar-refractivity contribution in [3.63, 3.8) is 0 Å². The van der Waals surface area contributed by atoms with Crippen LogP contribution in [0.25, 0.3) is 10.9 Å². The van der Waals surface area contributed by atoms with Crippen LogP contribution in [0.1, 0.15) is 11.3 Å². The van der Waals surface area contributed by atoms with Gasteiger partial charge in [-0.15, -0.1) is 0 Å². The average Bonchev–Trinajstić information content (AvgIpc) is 3.04. The molecule has 1 amide bonds. The number of aryl methyl sites for hydroxylation is 1. The highest BCUT2D eigenvalue weighted by Crippen LogP contribution is 2.17. The molecule has 0 aliphatic carbocycles. The van der Waals surface area contributed by atoms with Gasteiger partial charge in [-0.05, 0) is 17.7 Å². The Kier molecular flexibility index (Phi) is 3.25. The van der Waals surface area contributed by atoms with Gasteiger partial charge in [-0.25, -0.2) is 0 Å². The molecular formula is C15H16N4O. The van der Waals surface area contributed by atoms with Crippen molar-refractivity contribution in [2.75, 3.05) is 0 Å². The summed E-state index contributed by atoms with van der Waals surface area (Å²) < 4.78 is 1.72. The van der Waals surface area contributed by atoms with E-state index in [-0.39, 0.29) is 5.91 Å². The van der Waals surface area contributed by atoms with Crippen LogP contribution in [0.3, 0.4) is 0 Å². The second kappa shape index (κ2) is 5.21. The molecule has 5 nitrogen and oxygen atoms in total. The Balaban J connectivity index is 1.64. The minimum absolute atomic E-state index is 0.000376. The van der Waals surface area contributed by atoms with Gasteiger partial charge in [0.15, 0.2) is 0 Å². The lowest BCUT2D eigenvalue weighted by Gasteiger charge is -2.02. The first-order valence-electron chi connectivity index (χ1n) is 6.52. The van der Waals surface area contributed by atoms with Crippen molar-refractivity contribution in [2.24, 2.45) is 7.05 Å². The first-order chi connectivity index (χ1) is 9.72. The lowest BCUT2D eigenvalue weighted by Crippen LogP contribution is -2.24. The summed E-state index contributed by atoms with van der Waals surface area (Å²) >= 11 is 0. The first kappa shape index (κ1) is 12.5. The van der Waals surface area contributed by atoms with Gasteiger partial charge >= 0.3 is 0 Å². The third kappa shape index (κ3) is 2.56. The number of amides is 1. The van der Waals surface area contributed by atoms with Crippen molar-refractivity contribution in [3.8, 4) is 0 Å². The fourth-order valence-corrected chi connectivity index (χ4v) is 2.26. The van der Waals surface area contributed by atoms with Crippen molar-refractivity contribution in [2.45, 2.75) is 13.0 Å². The van der Waals surface area contributed by atoms with Crippen molar-refractivity contribution < 1.29 is 4.79 Å². The van der Waals surface area contributed by atoms with Gasteiger partial charge in [0.1, 0.15) is 0 Å². The van der Waals surface area contributed by atoms with Gasteiger partial charge in [-0.2, -0.15) is 5.10 Å². The summed E-state index contributed by atoms with van der Waals surface area (Å²) in [5.41, 5.74) is 2.93. The maximum Gasteiger partial charge on any atom is 0.224 e. The predicted molar refractivity (Wildman–Crippen MR) is 77.1 cm³/mol. The van der Waals surface area contributed by atoms with E-state index in [4.69, 9.17) is 0 Å². The van der Waals surface area contributed by atoms with Gasteiger partial charge in [-0.1, -0.05) is 18.2 Å². The van der Waals surface area contributed by atoms with E-state index in [0.717, 1.165) is 22.2 Å². The first-order valence-corrected chi connectivity index (χ1v) is 6.52. The zero-order valence-corrected chi connectivity index (χ0v) is 11.3. The van der Waals surface area contributed by atoms with Crippen molar-refractivity contribution in [1.29, 1.82) is 0 Å². The zero-order valence-electron chi connectivity index (χ0n) is 11.3. The summed E-state index contributed by atoms with van der Waals surface area (Å²) in [6, 6.07) is 9.87. The summed E-state index contributed by atoms with van der Waals surface area (Å²) in [6.07, 6.45) is 4.13. The number of nitrogens with zero attached hydrogens (tertiary/aromatic N) is 2. The van der Waals surface area contributed by atoms with Crippen LogP contribution in [0, 0.1) is 0 Å². The number of rotatable bonds is 4. The Labute approximate surface area is 116 Å². The van der Waals surface area contributed by atoms with Gasteiger partial charge < -0.3 is 10.3 Å². The molecule has 0 fully saturated rings. The number of H-pyrrole nitrogens is 1. The zero-order chi connectivity index (χ0) is 13.9. The number of fused-ring (bicyclic) bond motifs is 1. The van der Waals surface area contributed by atoms with E-state index in [2.05, 4.69) is 15.4 Å². The molecule has 5 heteroatoms. The molecular weight excluding hydrogens is 252 g/mol. The van der Waals surface area contributed by atoms with Crippen LogP contribution < -0.4 is 5.32 Å². The van der Waals surface area contributed by atoms with E-state index in [0.29, 0.717) is 13.0 Å². The van der Waals surface area contributed by atoms with Crippen LogP contribution in [0.4, 0.5) is 0 Å². The topological polar surface area (TPSA) is 62.7 Å². The van der Waals surface area contributed by atoms with E-state index in [1.54, 1.807) is 4.68 Å². The number of benzene rings is 1. The van der Waals surface area contributed by atoms with E-state index >= 15 is 0 Å². The maximum absolute atomic E-state index is 12.0. The van der Waals surface area contributed by atoms with Crippen LogP contribution in [0.5, 0.6) is 0 Å². The Bertz CT molecular complexity index is 741. The highest BCUT2D eigenvalue weighted by molar-refractivity contribution is 5.88. The third-order valence-electron chi connectivity index (χ3n) is 3.26. The standard InChI is InChI=1S/C15H16N4O/c1-19-7-6-12(18-19)10-17-15(20)8-11-9-16-14-5-3-2-4-13(11)14/h2-7,9,16H,8,10H2,1H3,(H,17,20). The smallest absolute Gasteiger partial charge is 0.224 e. The molecule has 0 spiro atoms. The van der Waals surface area contributed by atoms with E-state index in [1.807, 2.05) is 49.8 Å². The van der Waals surface area contributed by atoms with Crippen LogP contribution in [0.2, 0.25) is 0 Å². The molecule has 0 aliphatic heterocycles. The second-order valence-electron chi connectivity index (χ2n) is 4.79. The summed E-state index contributed by atoms with van der Waals surface area (Å²) in [5.74, 6) is 0.000376. The molecule has 0 radical (unpaired) electrons. The largest absolute Gasteiger partial charge is 0.361 e. The van der Waals surface area contributed by atoms with Crippen LogP contribution in [0.15, 0.2) is 42.7 Å². The summed E-state index contributed by atoms with van der Waals surface area (Å²) in [6.45, 7) is 0.460. The SMILES string of the molecule is Cn1ccc(CNC(=O)Cc2c[nH]c3ccccc23)n1. The van der Waals surface area contributed by atoms with E-state index < -0.39 is 0 Å². The molecule has 3 aromatic rings. The van der Waals surface area contributed by atoms with Gasteiger partial charge in [0.05, 0.1) is 18.7 Å². The maximum atomic E-state index is 12.0. The van der Waals surface area contributed by atoms with Gasteiger partial charge in [0.25, 0.3) is 0 Å². The summed E-state index contributed by atoms with van der Waals surface area (Å²) in [7, 11) is 1.86. The molecule has 0 saturated heterocycles. The lowest BCUT2D eigenvalue weighted by molar-refractivity contribution is -0.120. The number of aromatic amines is 1. The normalized spacial score (nSPS) is 10.8. The quantitative estimate of drug-likeness (QED) is 0.757. The molecule has 102 valence electrons. The molecule has 0 aliphatic rings. The molecule has 0 unspecified atom stereocenters. The minimum Gasteiger partial charge on any atom is -0.361 e. The number of nitrogens with one attached hydrogen (secondary N) is 2. The molecule has 0 atom stereocenters. The van der Waals surface area contributed by atoms with Crippen LogP contribution >= 0.6 is 0 Å². The molecule has 0 saturated carbocycles. The minimum atomic E-state index is 0.000376. The van der Waals surface area contributed by atoms with Gasteiger partial charge in [-0.3, -0.25) is 9.48 Å². The Morgan fingerprint density at radius 3 is 3.00 bits per heavy atom. The molecule has 0 bridgehead atoms. The predicted octanol–water partition coefficient (Wildman–Crippen LogP) is 1.76. The summed E-state index contributed by atoms with van der Waals surface area (Å²) in [5, 5.41) is 8.21. The van der Waals surface area contributed by atoms with Crippen molar-refractivity contribution in [1.82, 2.24) is 20.1 Å². The monoisotopic (exact) mass is 268 g/mol. The second-order valence-corrected chi connectivity index (χ2v) is 4.79. The van der Waals surface area contributed by atoms with Crippen molar-refractivity contribution >= 4 is 16.8 Å². The van der Waals surface area contributed by atoms with E-state index in [9.17, 15) is 4.79 Å². The van der Waals surface area contributed by atoms with Crippen LogP contribution in [-0.2, 0) is 24.8 Å². The number of aromatic nitrogens is 3. The molecule has 3 rings (SSSR count). The molecule has 2 N–H and O–H groups in total. The van der Waals surface area contributed by atoms with Crippen molar-refractivity contribution in [3.05, 3.63) is 54.0 Å². The fraction of sp³-hybridized carbons (Fsp3) is 0.200. The van der Waals surface area contributed by atoms with Gasteiger partial charge in [0, 0.05) is 30.3 Å². The highest BCUT2D eigenvalue weighted by atomic mass is 16.1. The fourth-order valence-electron chi connectivity index (χ4n) is 2.26. The number of para-hydroxylation sites is 1.